The van der Waals surface area contributed by atoms with Crippen LogP contribution in [0.4, 0.5) is 17.1 Å². The van der Waals surface area contributed by atoms with Gasteiger partial charge in [0.05, 0.1) is 5.69 Å². The van der Waals surface area contributed by atoms with Gasteiger partial charge in [-0.1, -0.05) is 170 Å². The van der Waals surface area contributed by atoms with Gasteiger partial charge >= 0.3 is 0 Å². The van der Waals surface area contributed by atoms with Gasteiger partial charge in [0.2, 0.25) is 0 Å². The third-order valence-corrected chi connectivity index (χ3v) is 11.3. The molecule has 11 aromatic rings. The molecule has 10 aromatic carbocycles. The van der Waals surface area contributed by atoms with Crippen molar-refractivity contribution in [3.8, 4) is 33.4 Å². The molecule has 0 amide bonds. The number of anilines is 3. The van der Waals surface area contributed by atoms with E-state index in [1.54, 1.807) is 0 Å². The van der Waals surface area contributed by atoms with Crippen LogP contribution in [0.15, 0.2) is 217 Å². The Kier molecular flexibility index (Phi) is 7.53. The summed E-state index contributed by atoms with van der Waals surface area (Å²) in [5.74, 6) is 0. The molecule has 0 saturated heterocycles. The lowest BCUT2D eigenvalue weighted by molar-refractivity contribution is 0.669. The average Bonchev–Trinajstić information content (AvgIpc) is 3.67. The molecular weight excluding hydrogens is 679 g/mol. The van der Waals surface area contributed by atoms with Gasteiger partial charge in [0, 0.05) is 22.1 Å². The van der Waals surface area contributed by atoms with Crippen LogP contribution in [0.5, 0.6) is 0 Å². The van der Waals surface area contributed by atoms with E-state index in [1.807, 2.05) is 0 Å². The Morgan fingerprint density at radius 1 is 0.321 bits per heavy atom. The largest absolute Gasteiger partial charge is 0.454 e. The van der Waals surface area contributed by atoms with Crippen LogP contribution in [0.25, 0.3) is 87.6 Å². The van der Waals surface area contributed by atoms with Crippen molar-refractivity contribution in [3.05, 3.63) is 212 Å². The van der Waals surface area contributed by atoms with Crippen LogP contribution >= 0.6 is 0 Å². The van der Waals surface area contributed by atoms with Gasteiger partial charge in [-0.05, 0) is 108 Å². The van der Waals surface area contributed by atoms with Gasteiger partial charge in [-0.3, -0.25) is 0 Å². The number of nitrogens with zero attached hydrogens (tertiary/aromatic N) is 1. The Balaban J connectivity index is 1.04. The molecule has 1 heterocycles. The molecule has 2 nitrogen and oxygen atoms in total. The number of para-hydroxylation sites is 1. The van der Waals surface area contributed by atoms with Crippen molar-refractivity contribution in [1.29, 1.82) is 0 Å². The number of fused-ring (bicyclic) bond motifs is 7. The summed E-state index contributed by atoms with van der Waals surface area (Å²) in [7, 11) is 0. The fraction of sp³-hybridized carbons (Fsp3) is 0. The van der Waals surface area contributed by atoms with E-state index in [2.05, 4.69) is 217 Å². The second kappa shape index (κ2) is 13.2. The molecule has 0 bridgehead atoms. The Bertz CT molecular complexity index is 3230. The molecule has 0 aliphatic heterocycles. The molecule has 0 fully saturated rings. The maximum atomic E-state index is 6.78. The van der Waals surface area contributed by atoms with Gasteiger partial charge in [0.25, 0.3) is 0 Å². The molecule has 262 valence electrons. The fourth-order valence-electron chi connectivity index (χ4n) is 8.55. The van der Waals surface area contributed by atoms with E-state index in [4.69, 9.17) is 4.42 Å². The predicted molar refractivity (Wildman–Crippen MR) is 237 cm³/mol. The monoisotopic (exact) mass is 713 g/mol. The van der Waals surface area contributed by atoms with Crippen LogP contribution < -0.4 is 4.90 Å². The molecule has 0 radical (unpaired) electrons. The van der Waals surface area contributed by atoms with Crippen molar-refractivity contribution in [2.75, 3.05) is 4.90 Å². The lowest BCUT2D eigenvalue weighted by atomic mass is 9.92. The molecule has 11 rings (SSSR count). The Hall–Kier alpha value is -7.42. The summed E-state index contributed by atoms with van der Waals surface area (Å²) in [6.07, 6.45) is 0. The van der Waals surface area contributed by atoms with Crippen molar-refractivity contribution in [3.63, 3.8) is 0 Å². The summed E-state index contributed by atoms with van der Waals surface area (Å²) in [6, 6.07) is 76.4. The van der Waals surface area contributed by atoms with Gasteiger partial charge in [-0.25, -0.2) is 0 Å². The third kappa shape index (κ3) is 5.34. The highest BCUT2D eigenvalue weighted by molar-refractivity contribution is 6.21. The Morgan fingerprint density at radius 3 is 1.61 bits per heavy atom. The van der Waals surface area contributed by atoms with Crippen LogP contribution in [0, 0.1) is 0 Å². The van der Waals surface area contributed by atoms with E-state index in [0.717, 1.165) is 39.0 Å². The number of hydrogen-bond donors (Lipinski definition) is 0. The van der Waals surface area contributed by atoms with Crippen LogP contribution in [-0.4, -0.2) is 0 Å². The average molecular weight is 714 g/mol. The van der Waals surface area contributed by atoms with Gasteiger partial charge in [-0.2, -0.15) is 0 Å². The lowest BCUT2D eigenvalue weighted by Gasteiger charge is -2.26. The van der Waals surface area contributed by atoms with E-state index in [9.17, 15) is 0 Å². The van der Waals surface area contributed by atoms with Gasteiger partial charge < -0.3 is 9.32 Å². The normalized spacial score (nSPS) is 11.6. The van der Waals surface area contributed by atoms with Crippen LogP contribution in [-0.2, 0) is 0 Å². The summed E-state index contributed by atoms with van der Waals surface area (Å²) in [5.41, 5.74) is 12.1. The van der Waals surface area contributed by atoms with Crippen molar-refractivity contribution in [1.82, 2.24) is 0 Å². The first kappa shape index (κ1) is 32.0. The number of benzene rings is 10. The zero-order valence-electron chi connectivity index (χ0n) is 30.6. The minimum atomic E-state index is 0.866. The zero-order valence-corrected chi connectivity index (χ0v) is 30.6. The van der Waals surface area contributed by atoms with Crippen molar-refractivity contribution < 1.29 is 4.42 Å². The molecule has 0 aliphatic carbocycles. The minimum Gasteiger partial charge on any atom is -0.454 e. The fourth-order valence-corrected chi connectivity index (χ4v) is 8.55. The SMILES string of the molecule is c1ccc(-c2ccc(N(c3ccc(-c4cccc5c(-c6ccc7ccccc7c6)cccc45)cc3)c3cccc4c3oc3ccc5ccccc5c34)cc2)cc1. The van der Waals surface area contributed by atoms with Crippen LogP contribution in [0.1, 0.15) is 0 Å². The first-order valence-corrected chi connectivity index (χ1v) is 19.2. The standard InChI is InChI=1S/C54H35NO/c1-2-11-36(12-3-1)38-25-30-43(31-26-38)55(51-22-10-21-50-53-47-16-7-6-14-39(47)29-34-52(53)56-54(50)51)44-32-27-40(28-33-44)45-17-8-20-49-46(18-9-19-48(45)49)42-24-23-37-13-4-5-15-41(37)35-42/h1-35H. The predicted octanol–water partition coefficient (Wildman–Crippen LogP) is 15.5. The van der Waals surface area contributed by atoms with E-state index in [1.165, 1.54) is 65.7 Å². The van der Waals surface area contributed by atoms with E-state index >= 15 is 0 Å². The number of furan rings is 1. The topological polar surface area (TPSA) is 16.4 Å². The highest BCUT2D eigenvalue weighted by Crippen LogP contribution is 2.45. The van der Waals surface area contributed by atoms with E-state index in [-0.39, 0.29) is 0 Å². The first-order valence-electron chi connectivity index (χ1n) is 19.2. The van der Waals surface area contributed by atoms with Gasteiger partial charge in [-0.15, -0.1) is 0 Å². The van der Waals surface area contributed by atoms with E-state index in [0.29, 0.717) is 0 Å². The smallest absolute Gasteiger partial charge is 0.159 e. The number of hydrogen-bond acceptors (Lipinski definition) is 2. The molecule has 0 aliphatic rings. The second-order valence-electron chi connectivity index (χ2n) is 14.5. The second-order valence-corrected chi connectivity index (χ2v) is 14.5. The highest BCUT2D eigenvalue weighted by Gasteiger charge is 2.21. The van der Waals surface area contributed by atoms with Gasteiger partial charge in [0.1, 0.15) is 5.58 Å². The molecule has 0 saturated carbocycles. The summed E-state index contributed by atoms with van der Waals surface area (Å²) in [4.78, 5) is 2.33. The molecule has 0 atom stereocenters. The van der Waals surface area contributed by atoms with Gasteiger partial charge in [0.15, 0.2) is 5.58 Å². The minimum absolute atomic E-state index is 0.866. The maximum absolute atomic E-state index is 6.78. The quantitative estimate of drug-likeness (QED) is 0.171. The van der Waals surface area contributed by atoms with E-state index < -0.39 is 0 Å². The first-order chi connectivity index (χ1) is 27.8. The molecule has 0 N–H and O–H groups in total. The van der Waals surface area contributed by atoms with Crippen LogP contribution in [0.3, 0.4) is 0 Å². The molecule has 0 unspecified atom stereocenters. The molecular formula is C54H35NO. The van der Waals surface area contributed by atoms with Crippen LogP contribution in [0.2, 0.25) is 0 Å². The summed E-state index contributed by atoms with van der Waals surface area (Å²) in [5, 5.41) is 9.64. The van der Waals surface area contributed by atoms with Crippen molar-refractivity contribution in [2.45, 2.75) is 0 Å². The summed E-state index contributed by atoms with van der Waals surface area (Å²) in [6.45, 7) is 0. The molecule has 56 heavy (non-hydrogen) atoms. The third-order valence-electron chi connectivity index (χ3n) is 11.3. The Labute approximate surface area is 325 Å². The molecule has 1 aromatic heterocycles. The maximum Gasteiger partial charge on any atom is 0.159 e. The molecule has 0 spiro atoms. The lowest BCUT2D eigenvalue weighted by Crippen LogP contribution is -2.10. The van der Waals surface area contributed by atoms with Crippen molar-refractivity contribution >= 4 is 71.3 Å². The summed E-state index contributed by atoms with van der Waals surface area (Å²) < 4.78 is 6.78. The Morgan fingerprint density at radius 2 is 0.857 bits per heavy atom. The summed E-state index contributed by atoms with van der Waals surface area (Å²) >= 11 is 0. The number of rotatable bonds is 6. The van der Waals surface area contributed by atoms with Crippen molar-refractivity contribution in [2.24, 2.45) is 0 Å². The highest BCUT2D eigenvalue weighted by atomic mass is 16.3. The zero-order chi connectivity index (χ0) is 37.0. The molecule has 2 heteroatoms.